The minimum absolute atomic E-state index is 0.465. The number of pyridine rings is 1. The van der Waals surface area contributed by atoms with E-state index in [4.69, 9.17) is 4.74 Å². The summed E-state index contributed by atoms with van der Waals surface area (Å²) in [6, 6.07) is 4.59. The summed E-state index contributed by atoms with van der Waals surface area (Å²) in [6.45, 7) is 9.12. The van der Waals surface area contributed by atoms with Crippen molar-refractivity contribution in [3.63, 3.8) is 0 Å². The second-order valence-corrected chi connectivity index (χ2v) is 5.25. The molecule has 0 aliphatic carbocycles. The van der Waals surface area contributed by atoms with E-state index in [1.165, 1.54) is 5.56 Å². The normalized spacial score (nSPS) is 12.7. The Labute approximate surface area is 117 Å². The molecule has 0 aliphatic heterocycles. The molecular weight excluding hydrogens is 238 g/mol. The third-order valence-corrected chi connectivity index (χ3v) is 3.58. The zero-order chi connectivity index (χ0) is 14.3. The molecule has 0 spiro atoms. The van der Waals surface area contributed by atoms with Gasteiger partial charge in [-0.3, -0.25) is 0 Å². The molecule has 1 aromatic heterocycles. The lowest BCUT2D eigenvalue weighted by molar-refractivity contribution is 0.199. The van der Waals surface area contributed by atoms with Crippen molar-refractivity contribution in [3.05, 3.63) is 23.9 Å². The average molecular weight is 265 g/mol. The van der Waals surface area contributed by atoms with E-state index in [1.807, 2.05) is 12.3 Å². The van der Waals surface area contributed by atoms with Gasteiger partial charge in [0.25, 0.3) is 0 Å². The summed E-state index contributed by atoms with van der Waals surface area (Å²) in [7, 11) is 3.83. The molecule has 0 aliphatic rings. The summed E-state index contributed by atoms with van der Waals surface area (Å²) in [4.78, 5) is 6.80. The lowest BCUT2D eigenvalue weighted by Crippen LogP contribution is -2.35. The molecule has 1 rings (SSSR count). The molecule has 1 atom stereocenters. The maximum Gasteiger partial charge on any atom is 0.132 e. The number of methoxy groups -OCH3 is 1. The summed E-state index contributed by atoms with van der Waals surface area (Å²) in [5.41, 5.74) is 1.23. The van der Waals surface area contributed by atoms with Crippen molar-refractivity contribution >= 4 is 5.82 Å². The standard InChI is InChI=1S/C15H27N3O/c1-12(2)13(3)18(4)15-14(7-6-8-17-15)11-16-9-10-19-5/h6-8,12-13,16H,9-11H2,1-5H3. The van der Waals surface area contributed by atoms with Crippen molar-refractivity contribution in [2.45, 2.75) is 33.4 Å². The van der Waals surface area contributed by atoms with E-state index in [0.29, 0.717) is 12.0 Å². The van der Waals surface area contributed by atoms with Crippen LogP contribution in [0.3, 0.4) is 0 Å². The van der Waals surface area contributed by atoms with E-state index in [1.54, 1.807) is 7.11 Å². The second-order valence-electron chi connectivity index (χ2n) is 5.25. The van der Waals surface area contributed by atoms with Crippen LogP contribution < -0.4 is 10.2 Å². The van der Waals surface area contributed by atoms with Crippen molar-refractivity contribution in [2.75, 3.05) is 32.2 Å². The third-order valence-electron chi connectivity index (χ3n) is 3.58. The molecule has 0 saturated heterocycles. The number of anilines is 1. The molecule has 4 nitrogen and oxygen atoms in total. The van der Waals surface area contributed by atoms with Crippen molar-refractivity contribution in [3.8, 4) is 0 Å². The Kier molecular flexibility index (Phi) is 6.81. The van der Waals surface area contributed by atoms with Gasteiger partial charge >= 0.3 is 0 Å². The molecule has 108 valence electrons. The highest BCUT2D eigenvalue weighted by Gasteiger charge is 2.17. The first kappa shape index (κ1) is 15.9. The van der Waals surface area contributed by atoms with Crippen molar-refractivity contribution < 1.29 is 4.74 Å². The zero-order valence-electron chi connectivity index (χ0n) is 12.8. The fraction of sp³-hybridized carbons (Fsp3) is 0.667. The first-order valence-electron chi connectivity index (χ1n) is 6.94. The van der Waals surface area contributed by atoms with Gasteiger partial charge < -0.3 is 15.0 Å². The first-order valence-corrected chi connectivity index (χ1v) is 6.94. The molecule has 0 fully saturated rings. The highest BCUT2D eigenvalue weighted by molar-refractivity contribution is 5.46. The summed E-state index contributed by atoms with van der Waals surface area (Å²) in [5.74, 6) is 1.66. The van der Waals surface area contributed by atoms with Gasteiger partial charge in [-0.05, 0) is 18.9 Å². The molecular formula is C15H27N3O. The van der Waals surface area contributed by atoms with Gasteiger partial charge in [0.05, 0.1) is 6.61 Å². The molecule has 0 amide bonds. The molecule has 0 bridgehead atoms. The number of rotatable bonds is 8. The van der Waals surface area contributed by atoms with Gasteiger partial charge in [-0.2, -0.15) is 0 Å². The van der Waals surface area contributed by atoms with Gasteiger partial charge in [-0.25, -0.2) is 4.98 Å². The zero-order valence-corrected chi connectivity index (χ0v) is 12.8. The van der Waals surface area contributed by atoms with Gasteiger partial charge in [-0.1, -0.05) is 19.9 Å². The first-order chi connectivity index (χ1) is 9.07. The summed E-state index contributed by atoms with van der Waals surface area (Å²) >= 11 is 0. The van der Waals surface area contributed by atoms with Crippen LogP contribution in [-0.4, -0.2) is 38.3 Å². The van der Waals surface area contributed by atoms with Gasteiger partial charge in [0.1, 0.15) is 5.82 Å². The number of ether oxygens (including phenoxy) is 1. The number of nitrogens with zero attached hydrogens (tertiary/aromatic N) is 2. The SMILES string of the molecule is COCCNCc1cccnc1N(C)C(C)C(C)C. The lowest BCUT2D eigenvalue weighted by Gasteiger charge is -2.30. The Bertz CT molecular complexity index is 368. The molecule has 1 unspecified atom stereocenters. The largest absolute Gasteiger partial charge is 0.383 e. The van der Waals surface area contributed by atoms with Crippen LogP contribution in [0.25, 0.3) is 0 Å². The quantitative estimate of drug-likeness (QED) is 0.732. The molecule has 1 N–H and O–H groups in total. The molecule has 1 aromatic rings. The fourth-order valence-corrected chi connectivity index (χ4v) is 1.92. The van der Waals surface area contributed by atoms with E-state index >= 15 is 0 Å². The molecule has 4 heteroatoms. The minimum Gasteiger partial charge on any atom is -0.383 e. The van der Waals surface area contributed by atoms with Gasteiger partial charge in [-0.15, -0.1) is 0 Å². The molecule has 0 radical (unpaired) electrons. The summed E-state index contributed by atoms with van der Waals surface area (Å²) < 4.78 is 5.04. The number of nitrogens with one attached hydrogen (secondary N) is 1. The van der Waals surface area contributed by atoms with E-state index < -0.39 is 0 Å². The highest BCUT2D eigenvalue weighted by atomic mass is 16.5. The fourth-order valence-electron chi connectivity index (χ4n) is 1.92. The number of hydrogen-bond donors (Lipinski definition) is 1. The minimum atomic E-state index is 0.465. The Morgan fingerprint density at radius 3 is 2.74 bits per heavy atom. The predicted molar refractivity (Wildman–Crippen MR) is 80.5 cm³/mol. The van der Waals surface area contributed by atoms with Crippen molar-refractivity contribution in [1.29, 1.82) is 0 Å². The Hall–Kier alpha value is -1.13. The highest BCUT2D eigenvalue weighted by Crippen LogP contribution is 2.20. The average Bonchev–Trinajstić information content (AvgIpc) is 2.42. The van der Waals surface area contributed by atoms with Crippen molar-refractivity contribution in [2.24, 2.45) is 5.92 Å². The van der Waals surface area contributed by atoms with Crippen LogP contribution in [0, 0.1) is 5.92 Å². The van der Waals surface area contributed by atoms with E-state index in [0.717, 1.165) is 25.5 Å². The Morgan fingerprint density at radius 1 is 1.37 bits per heavy atom. The second kappa shape index (κ2) is 8.12. The molecule has 1 heterocycles. The topological polar surface area (TPSA) is 37.4 Å². The van der Waals surface area contributed by atoms with Crippen LogP contribution in [-0.2, 0) is 11.3 Å². The Morgan fingerprint density at radius 2 is 2.11 bits per heavy atom. The van der Waals surface area contributed by atoms with Crippen LogP contribution >= 0.6 is 0 Å². The van der Waals surface area contributed by atoms with Gasteiger partial charge in [0.15, 0.2) is 0 Å². The predicted octanol–water partition coefficient (Wildman–Crippen LogP) is 2.30. The van der Waals surface area contributed by atoms with Crippen LogP contribution in [0.15, 0.2) is 18.3 Å². The van der Waals surface area contributed by atoms with Crippen LogP contribution in [0.1, 0.15) is 26.3 Å². The van der Waals surface area contributed by atoms with Crippen molar-refractivity contribution in [1.82, 2.24) is 10.3 Å². The number of aromatic nitrogens is 1. The summed E-state index contributed by atoms with van der Waals surface area (Å²) in [5, 5.41) is 3.37. The van der Waals surface area contributed by atoms with E-state index in [2.05, 4.69) is 49.1 Å². The maximum atomic E-state index is 5.04. The van der Waals surface area contributed by atoms with Gasteiger partial charge in [0, 0.05) is 45.0 Å². The van der Waals surface area contributed by atoms with Crippen LogP contribution in [0.2, 0.25) is 0 Å². The van der Waals surface area contributed by atoms with Crippen LogP contribution in [0.4, 0.5) is 5.82 Å². The maximum absolute atomic E-state index is 5.04. The molecule has 19 heavy (non-hydrogen) atoms. The third kappa shape index (κ3) is 4.80. The van der Waals surface area contributed by atoms with Gasteiger partial charge in [0.2, 0.25) is 0 Å². The molecule has 0 saturated carbocycles. The number of hydrogen-bond acceptors (Lipinski definition) is 4. The van der Waals surface area contributed by atoms with E-state index in [9.17, 15) is 0 Å². The lowest BCUT2D eigenvalue weighted by atomic mass is 10.0. The summed E-state index contributed by atoms with van der Waals surface area (Å²) in [6.07, 6.45) is 1.86. The van der Waals surface area contributed by atoms with E-state index in [-0.39, 0.29) is 0 Å². The smallest absolute Gasteiger partial charge is 0.132 e. The molecule has 0 aromatic carbocycles. The Balaban J connectivity index is 2.72. The van der Waals surface area contributed by atoms with Crippen LogP contribution in [0.5, 0.6) is 0 Å². The monoisotopic (exact) mass is 265 g/mol.